The van der Waals surface area contributed by atoms with Crippen molar-refractivity contribution < 1.29 is 23.9 Å². The number of hydrogen-bond acceptors (Lipinski definition) is 5. The molecule has 0 aliphatic heterocycles. The monoisotopic (exact) mass is 304 g/mol. The average molecular weight is 304 g/mol. The van der Waals surface area contributed by atoms with Gasteiger partial charge in [0.1, 0.15) is 16.9 Å². The number of carbonyl (C=O) groups excluding carboxylic acids is 3. The largest absolute Gasteiger partial charge is 0.497 e. The van der Waals surface area contributed by atoms with E-state index in [2.05, 4.69) is 0 Å². The Morgan fingerprint density at radius 1 is 1.32 bits per heavy atom. The van der Waals surface area contributed by atoms with E-state index in [1.807, 2.05) is 0 Å². The number of ketones is 2. The zero-order valence-electron chi connectivity index (χ0n) is 13.1. The Hall–Kier alpha value is -2.17. The van der Waals surface area contributed by atoms with Crippen molar-refractivity contribution in [2.24, 2.45) is 5.41 Å². The third kappa shape index (κ3) is 2.75. The van der Waals surface area contributed by atoms with Crippen molar-refractivity contribution in [1.82, 2.24) is 0 Å². The standard InChI is InChI=1S/C17H20O5/c1-4-22-16(20)17(8-7-11(2)18)10-12-9-13(21-3)5-6-14(12)15(17)19/h5-6,9H,4,7-8,10H2,1-3H3. The highest BCUT2D eigenvalue weighted by atomic mass is 16.5. The molecule has 0 aromatic heterocycles. The fourth-order valence-electron chi connectivity index (χ4n) is 2.86. The lowest BCUT2D eigenvalue weighted by atomic mass is 9.79. The van der Waals surface area contributed by atoms with E-state index in [1.54, 1.807) is 32.2 Å². The predicted molar refractivity (Wildman–Crippen MR) is 80.0 cm³/mol. The first-order valence-corrected chi connectivity index (χ1v) is 7.33. The van der Waals surface area contributed by atoms with Gasteiger partial charge in [-0.15, -0.1) is 0 Å². The molecule has 1 unspecified atom stereocenters. The molecule has 5 nitrogen and oxygen atoms in total. The first-order chi connectivity index (χ1) is 10.4. The van der Waals surface area contributed by atoms with Crippen LogP contribution in [0, 0.1) is 5.41 Å². The molecule has 1 aromatic carbocycles. The van der Waals surface area contributed by atoms with Crippen LogP contribution in [-0.2, 0) is 20.7 Å². The van der Waals surface area contributed by atoms with Gasteiger partial charge in [-0.3, -0.25) is 9.59 Å². The molecule has 118 valence electrons. The summed E-state index contributed by atoms with van der Waals surface area (Å²) in [6.45, 7) is 3.36. The van der Waals surface area contributed by atoms with Gasteiger partial charge in [-0.05, 0) is 50.5 Å². The highest BCUT2D eigenvalue weighted by Crippen LogP contribution is 2.42. The zero-order chi connectivity index (χ0) is 16.3. The zero-order valence-corrected chi connectivity index (χ0v) is 13.1. The van der Waals surface area contributed by atoms with E-state index in [0.717, 1.165) is 5.56 Å². The summed E-state index contributed by atoms with van der Waals surface area (Å²) in [5.41, 5.74) is -0.00511. The minimum atomic E-state index is -1.28. The minimum Gasteiger partial charge on any atom is -0.497 e. The van der Waals surface area contributed by atoms with E-state index >= 15 is 0 Å². The van der Waals surface area contributed by atoms with E-state index in [0.29, 0.717) is 11.3 Å². The summed E-state index contributed by atoms with van der Waals surface area (Å²) in [5, 5.41) is 0. The number of carbonyl (C=O) groups is 3. The number of hydrogen-bond donors (Lipinski definition) is 0. The molecule has 0 heterocycles. The molecule has 0 spiro atoms. The molecule has 0 saturated heterocycles. The summed E-state index contributed by atoms with van der Waals surface area (Å²) in [6.07, 6.45) is 0.608. The molecule has 0 radical (unpaired) electrons. The first kappa shape index (κ1) is 16.2. The second-order valence-corrected chi connectivity index (χ2v) is 5.53. The predicted octanol–water partition coefficient (Wildman–Crippen LogP) is 2.35. The van der Waals surface area contributed by atoms with Crippen molar-refractivity contribution in [3.8, 4) is 5.75 Å². The number of rotatable bonds is 6. The number of fused-ring (bicyclic) bond motifs is 1. The number of Topliss-reactive ketones (excluding diaryl/α,β-unsaturated/α-hetero) is 2. The molecule has 1 atom stereocenters. The Bertz CT molecular complexity index is 619. The van der Waals surface area contributed by atoms with Crippen molar-refractivity contribution >= 4 is 17.5 Å². The van der Waals surface area contributed by atoms with Crippen LogP contribution >= 0.6 is 0 Å². The fourth-order valence-corrected chi connectivity index (χ4v) is 2.86. The van der Waals surface area contributed by atoms with Gasteiger partial charge in [-0.2, -0.15) is 0 Å². The van der Waals surface area contributed by atoms with Crippen LogP contribution in [0.4, 0.5) is 0 Å². The van der Waals surface area contributed by atoms with Crippen LogP contribution in [-0.4, -0.2) is 31.3 Å². The smallest absolute Gasteiger partial charge is 0.320 e. The van der Waals surface area contributed by atoms with Gasteiger partial charge in [0.05, 0.1) is 13.7 Å². The first-order valence-electron chi connectivity index (χ1n) is 7.33. The molecule has 0 amide bonds. The Morgan fingerprint density at radius 2 is 2.05 bits per heavy atom. The molecule has 0 saturated carbocycles. The van der Waals surface area contributed by atoms with E-state index in [9.17, 15) is 14.4 Å². The van der Waals surface area contributed by atoms with Gasteiger partial charge in [0.2, 0.25) is 0 Å². The SMILES string of the molecule is CCOC(=O)C1(CCC(C)=O)Cc2cc(OC)ccc2C1=O. The Balaban J connectivity index is 2.40. The second kappa shape index (κ2) is 6.30. The third-order valence-electron chi connectivity index (χ3n) is 4.05. The normalized spacial score (nSPS) is 19.7. The number of methoxy groups -OCH3 is 1. The Morgan fingerprint density at radius 3 is 2.64 bits per heavy atom. The van der Waals surface area contributed by atoms with E-state index in [-0.39, 0.29) is 37.4 Å². The van der Waals surface area contributed by atoms with Gasteiger partial charge < -0.3 is 14.3 Å². The lowest BCUT2D eigenvalue weighted by molar-refractivity contribution is -0.152. The molecule has 1 aliphatic rings. The minimum absolute atomic E-state index is 0.0509. The quantitative estimate of drug-likeness (QED) is 0.596. The van der Waals surface area contributed by atoms with Crippen LogP contribution in [0.15, 0.2) is 18.2 Å². The number of esters is 1. The molecule has 2 rings (SSSR count). The van der Waals surface area contributed by atoms with E-state index in [4.69, 9.17) is 9.47 Å². The highest BCUT2D eigenvalue weighted by Gasteiger charge is 2.52. The Kier molecular flexibility index (Phi) is 4.64. The molecule has 0 N–H and O–H groups in total. The van der Waals surface area contributed by atoms with Crippen molar-refractivity contribution in [3.05, 3.63) is 29.3 Å². The van der Waals surface area contributed by atoms with Gasteiger partial charge in [0.15, 0.2) is 5.78 Å². The van der Waals surface area contributed by atoms with Crippen LogP contribution in [0.2, 0.25) is 0 Å². The fraction of sp³-hybridized carbons (Fsp3) is 0.471. The summed E-state index contributed by atoms with van der Waals surface area (Å²) < 4.78 is 10.3. The van der Waals surface area contributed by atoms with Crippen LogP contribution in [0.5, 0.6) is 5.75 Å². The van der Waals surface area contributed by atoms with Gasteiger partial charge in [0, 0.05) is 12.0 Å². The Labute approximate surface area is 129 Å². The molecule has 22 heavy (non-hydrogen) atoms. The summed E-state index contributed by atoms with van der Waals surface area (Å²) in [4.78, 5) is 36.5. The van der Waals surface area contributed by atoms with Crippen LogP contribution < -0.4 is 4.74 Å². The number of benzene rings is 1. The maximum absolute atomic E-state index is 12.8. The summed E-state index contributed by atoms with van der Waals surface area (Å²) in [5.74, 6) is -0.218. The van der Waals surface area contributed by atoms with Gasteiger partial charge in [0.25, 0.3) is 0 Å². The molecule has 5 heteroatoms. The lowest BCUT2D eigenvalue weighted by Crippen LogP contribution is -2.39. The van der Waals surface area contributed by atoms with Gasteiger partial charge in [-0.1, -0.05) is 0 Å². The molecule has 1 aromatic rings. The molecular weight excluding hydrogens is 284 g/mol. The maximum atomic E-state index is 12.8. The molecule has 0 bridgehead atoms. The van der Waals surface area contributed by atoms with Crippen LogP contribution in [0.25, 0.3) is 0 Å². The van der Waals surface area contributed by atoms with Crippen LogP contribution in [0.1, 0.15) is 42.6 Å². The van der Waals surface area contributed by atoms with Crippen molar-refractivity contribution in [1.29, 1.82) is 0 Å². The summed E-state index contributed by atoms with van der Waals surface area (Å²) in [7, 11) is 1.55. The van der Waals surface area contributed by atoms with Gasteiger partial charge >= 0.3 is 5.97 Å². The topological polar surface area (TPSA) is 69.7 Å². The average Bonchev–Trinajstić information content (AvgIpc) is 2.78. The molecular formula is C17H20O5. The van der Waals surface area contributed by atoms with E-state index in [1.165, 1.54) is 6.92 Å². The van der Waals surface area contributed by atoms with Crippen molar-refractivity contribution in [3.63, 3.8) is 0 Å². The molecule has 1 aliphatic carbocycles. The third-order valence-corrected chi connectivity index (χ3v) is 4.05. The van der Waals surface area contributed by atoms with E-state index < -0.39 is 11.4 Å². The van der Waals surface area contributed by atoms with Gasteiger partial charge in [-0.25, -0.2) is 0 Å². The lowest BCUT2D eigenvalue weighted by Gasteiger charge is -2.24. The number of ether oxygens (including phenoxy) is 2. The molecule has 0 fully saturated rings. The van der Waals surface area contributed by atoms with Crippen LogP contribution in [0.3, 0.4) is 0 Å². The van der Waals surface area contributed by atoms with Crippen molar-refractivity contribution in [2.75, 3.05) is 13.7 Å². The summed E-state index contributed by atoms with van der Waals surface area (Å²) in [6, 6.07) is 5.14. The highest BCUT2D eigenvalue weighted by molar-refractivity contribution is 6.16. The maximum Gasteiger partial charge on any atom is 0.320 e. The second-order valence-electron chi connectivity index (χ2n) is 5.53. The van der Waals surface area contributed by atoms with Crippen molar-refractivity contribution in [2.45, 2.75) is 33.1 Å². The summed E-state index contributed by atoms with van der Waals surface area (Å²) >= 11 is 0.